The second-order valence-electron chi connectivity index (χ2n) is 2.08. The maximum absolute atomic E-state index is 8.53. The van der Waals surface area contributed by atoms with Crippen molar-refractivity contribution in [1.29, 1.82) is 5.26 Å². The minimum absolute atomic E-state index is 0.710. The molecule has 0 amide bonds. The number of thiophene rings is 1. The standard InChI is InChI=1S/C7H7NOS.O3S/c1-5-6(3-8)4-10-7(5)9-2;1-4(2)3/h4H,1-2H3;. The topological polar surface area (TPSA) is 84.2 Å². The Kier molecular flexibility index (Phi) is 5.52. The van der Waals surface area contributed by atoms with Crippen LogP contribution in [0, 0.1) is 18.3 Å². The number of methoxy groups -OCH3 is 1. The summed E-state index contributed by atoms with van der Waals surface area (Å²) in [6, 6.07) is 2.08. The fourth-order valence-electron chi connectivity index (χ4n) is 0.711. The van der Waals surface area contributed by atoms with Gasteiger partial charge >= 0.3 is 10.6 Å². The number of hydrogen-bond acceptors (Lipinski definition) is 6. The van der Waals surface area contributed by atoms with E-state index in [1.54, 1.807) is 12.5 Å². The van der Waals surface area contributed by atoms with E-state index >= 15 is 0 Å². The summed E-state index contributed by atoms with van der Waals surface area (Å²) in [7, 11) is -1.50. The third kappa shape index (κ3) is 4.02. The van der Waals surface area contributed by atoms with Crippen molar-refractivity contribution in [3.8, 4) is 11.1 Å². The Morgan fingerprint density at radius 2 is 2.00 bits per heavy atom. The Morgan fingerprint density at radius 3 is 2.21 bits per heavy atom. The molecule has 7 heteroatoms. The van der Waals surface area contributed by atoms with Gasteiger partial charge in [0, 0.05) is 10.9 Å². The molecular formula is C7H7NO4S2. The third-order valence-electron chi connectivity index (χ3n) is 1.30. The highest BCUT2D eigenvalue weighted by Crippen LogP contribution is 2.28. The van der Waals surface area contributed by atoms with Crippen molar-refractivity contribution in [3.63, 3.8) is 0 Å². The smallest absolute Gasteiger partial charge is 0.425 e. The molecule has 14 heavy (non-hydrogen) atoms. The molecule has 1 rings (SSSR count). The van der Waals surface area contributed by atoms with E-state index in [0.717, 1.165) is 10.6 Å². The first-order chi connectivity index (χ1) is 6.52. The monoisotopic (exact) mass is 233 g/mol. The summed E-state index contributed by atoms with van der Waals surface area (Å²) < 4.78 is 30.3. The molecular weight excluding hydrogens is 226 g/mol. The highest BCUT2D eigenvalue weighted by Gasteiger charge is 2.05. The fourth-order valence-corrected chi connectivity index (χ4v) is 1.55. The van der Waals surface area contributed by atoms with Crippen LogP contribution in [0.25, 0.3) is 0 Å². The van der Waals surface area contributed by atoms with Crippen molar-refractivity contribution in [2.24, 2.45) is 0 Å². The van der Waals surface area contributed by atoms with E-state index in [1.165, 1.54) is 11.3 Å². The lowest BCUT2D eigenvalue weighted by molar-refractivity contribution is 0.424. The summed E-state index contributed by atoms with van der Waals surface area (Å²) in [6.07, 6.45) is 0. The summed E-state index contributed by atoms with van der Waals surface area (Å²) in [4.78, 5) is 0. The van der Waals surface area contributed by atoms with Crippen LogP contribution in [0.1, 0.15) is 11.1 Å². The summed E-state index contributed by atoms with van der Waals surface area (Å²) >= 11 is 1.46. The molecule has 0 N–H and O–H groups in total. The van der Waals surface area contributed by atoms with Crippen LogP contribution in [0.15, 0.2) is 5.38 Å². The zero-order chi connectivity index (χ0) is 11.1. The Hall–Kier alpha value is -1.39. The predicted octanol–water partition coefficient (Wildman–Crippen LogP) is 0.933. The lowest BCUT2D eigenvalue weighted by Gasteiger charge is -1.93. The van der Waals surface area contributed by atoms with Gasteiger partial charge in [0.1, 0.15) is 6.07 Å². The Balaban J connectivity index is 0.000000364. The second kappa shape index (κ2) is 6.12. The number of hydrogen-bond donors (Lipinski definition) is 0. The number of ether oxygens (including phenoxy) is 1. The molecule has 0 unspecified atom stereocenters. The SMILES string of the molecule is COc1scc(C#N)c1C.O=S(=O)=O. The zero-order valence-corrected chi connectivity index (χ0v) is 9.11. The summed E-state index contributed by atoms with van der Waals surface area (Å²) in [5.41, 5.74) is 1.65. The Morgan fingerprint density at radius 1 is 1.50 bits per heavy atom. The molecule has 76 valence electrons. The molecule has 0 saturated heterocycles. The quantitative estimate of drug-likeness (QED) is 0.720. The van der Waals surface area contributed by atoms with Gasteiger partial charge in [0.05, 0.1) is 12.7 Å². The normalized spacial score (nSPS) is 8.07. The first kappa shape index (κ1) is 12.6. The van der Waals surface area contributed by atoms with E-state index in [-0.39, 0.29) is 0 Å². The molecule has 0 saturated carbocycles. The second-order valence-corrected chi connectivity index (χ2v) is 3.33. The van der Waals surface area contributed by atoms with E-state index in [2.05, 4.69) is 6.07 Å². The van der Waals surface area contributed by atoms with Gasteiger partial charge in [-0.05, 0) is 6.92 Å². The van der Waals surface area contributed by atoms with Crippen molar-refractivity contribution in [1.82, 2.24) is 0 Å². The summed E-state index contributed by atoms with van der Waals surface area (Å²) in [5, 5.41) is 11.2. The van der Waals surface area contributed by atoms with E-state index in [9.17, 15) is 0 Å². The van der Waals surface area contributed by atoms with Gasteiger partial charge in [-0.15, -0.1) is 24.0 Å². The molecule has 0 fully saturated rings. The average molecular weight is 233 g/mol. The van der Waals surface area contributed by atoms with Crippen LogP contribution >= 0.6 is 11.3 Å². The van der Waals surface area contributed by atoms with Gasteiger partial charge in [-0.2, -0.15) is 5.26 Å². The maximum Gasteiger partial charge on any atom is 0.425 e. The van der Waals surface area contributed by atoms with Crippen LogP contribution in [0.5, 0.6) is 5.06 Å². The van der Waals surface area contributed by atoms with Gasteiger partial charge in [-0.25, -0.2) is 0 Å². The summed E-state index contributed by atoms with van der Waals surface area (Å²) in [5.74, 6) is 0. The van der Waals surface area contributed by atoms with Gasteiger partial charge in [-0.3, -0.25) is 0 Å². The van der Waals surface area contributed by atoms with Crippen LogP contribution in [-0.2, 0) is 10.6 Å². The summed E-state index contributed by atoms with van der Waals surface area (Å²) in [6.45, 7) is 1.88. The van der Waals surface area contributed by atoms with Gasteiger partial charge in [0.15, 0.2) is 5.06 Å². The van der Waals surface area contributed by atoms with Crippen LogP contribution in [0.4, 0.5) is 0 Å². The van der Waals surface area contributed by atoms with Crippen LogP contribution < -0.4 is 4.74 Å². The molecule has 0 bridgehead atoms. The van der Waals surface area contributed by atoms with Crippen molar-refractivity contribution in [3.05, 3.63) is 16.5 Å². The maximum atomic E-state index is 8.53. The number of rotatable bonds is 1. The molecule has 0 aromatic carbocycles. The lowest BCUT2D eigenvalue weighted by atomic mass is 10.2. The lowest BCUT2D eigenvalue weighted by Crippen LogP contribution is -1.81. The molecule has 0 aliphatic carbocycles. The predicted molar refractivity (Wildman–Crippen MR) is 50.0 cm³/mol. The van der Waals surface area contributed by atoms with Crippen LogP contribution in [0.2, 0.25) is 0 Å². The first-order valence-corrected chi connectivity index (χ1v) is 5.19. The Bertz CT molecular complexity index is 433. The van der Waals surface area contributed by atoms with Crippen molar-refractivity contribution >= 4 is 21.9 Å². The zero-order valence-electron chi connectivity index (χ0n) is 7.47. The van der Waals surface area contributed by atoms with Gasteiger partial charge in [0.25, 0.3) is 0 Å². The third-order valence-corrected chi connectivity index (χ3v) is 2.34. The Labute approximate surface area is 86.6 Å². The molecule has 0 radical (unpaired) electrons. The molecule has 1 aromatic heterocycles. The molecule has 1 aromatic rings. The highest BCUT2D eigenvalue weighted by atomic mass is 32.2. The minimum atomic E-state index is -3.11. The number of nitrogens with zero attached hydrogens (tertiary/aromatic N) is 1. The van der Waals surface area contributed by atoms with Crippen LogP contribution in [-0.4, -0.2) is 19.7 Å². The van der Waals surface area contributed by atoms with E-state index in [1.807, 2.05) is 6.92 Å². The van der Waals surface area contributed by atoms with Gasteiger partial charge in [-0.1, -0.05) is 0 Å². The van der Waals surface area contributed by atoms with E-state index in [0.29, 0.717) is 5.56 Å². The minimum Gasteiger partial charge on any atom is -0.487 e. The first-order valence-electron chi connectivity index (χ1n) is 3.31. The molecule has 5 nitrogen and oxygen atoms in total. The van der Waals surface area contributed by atoms with Crippen molar-refractivity contribution in [2.45, 2.75) is 6.92 Å². The van der Waals surface area contributed by atoms with Crippen molar-refractivity contribution < 1.29 is 17.4 Å². The number of nitriles is 1. The largest absolute Gasteiger partial charge is 0.487 e. The molecule has 1 heterocycles. The molecule has 0 aliphatic heterocycles. The van der Waals surface area contributed by atoms with E-state index < -0.39 is 10.6 Å². The van der Waals surface area contributed by atoms with Crippen molar-refractivity contribution in [2.75, 3.05) is 7.11 Å². The molecule has 0 atom stereocenters. The molecule has 0 aliphatic rings. The average Bonchev–Trinajstić information content (AvgIpc) is 2.45. The highest BCUT2D eigenvalue weighted by molar-refractivity contribution is 7.59. The van der Waals surface area contributed by atoms with Gasteiger partial charge < -0.3 is 4.74 Å². The molecule has 0 spiro atoms. The fraction of sp³-hybridized carbons (Fsp3) is 0.286. The van der Waals surface area contributed by atoms with E-state index in [4.69, 9.17) is 22.6 Å². The van der Waals surface area contributed by atoms with Gasteiger partial charge in [0.2, 0.25) is 0 Å². The van der Waals surface area contributed by atoms with Crippen LogP contribution in [0.3, 0.4) is 0 Å².